The van der Waals surface area contributed by atoms with Crippen LogP contribution in [-0.4, -0.2) is 23.1 Å². The first-order valence-corrected chi connectivity index (χ1v) is 9.84. The molecule has 0 aliphatic carbocycles. The predicted molar refractivity (Wildman–Crippen MR) is 119 cm³/mol. The molecular formula is C23H17BrN2O4. The zero-order valence-corrected chi connectivity index (χ0v) is 17.5. The zero-order valence-electron chi connectivity index (χ0n) is 15.9. The summed E-state index contributed by atoms with van der Waals surface area (Å²) in [5.74, 6) is 0.615. The Bertz CT molecular complexity index is 1230. The van der Waals surface area contributed by atoms with Gasteiger partial charge in [0.2, 0.25) is 11.8 Å². The number of anilines is 1. The Balaban J connectivity index is 1.56. The van der Waals surface area contributed by atoms with Gasteiger partial charge in [-0.05, 0) is 54.6 Å². The summed E-state index contributed by atoms with van der Waals surface area (Å²) in [6.07, 6.45) is 3.08. The minimum Gasteiger partial charge on any atom is -0.507 e. The van der Waals surface area contributed by atoms with Crippen molar-refractivity contribution in [2.75, 3.05) is 12.4 Å². The number of hydrogen-bond donors (Lipinski definition) is 2. The van der Waals surface area contributed by atoms with E-state index in [-0.39, 0.29) is 17.5 Å². The van der Waals surface area contributed by atoms with Gasteiger partial charge in [-0.1, -0.05) is 28.1 Å². The normalized spacial score (nSPS) is 11.1. The third-order valence-corrected chi connectivity index (χ3v) is 4.89. The average Bonchev–Trinajstić information content (AvgIpc) is 3.18. The molecule has 0 atom stereocenters. The first-order chi connectivity index (χ1) is 14.5. The van der Waals surface area contributed by atoms with Gasteiger partial charge in [0.05, 0.1) is 12.7 Å². The number of phenols is 1. The highest BCUT2D eigenvalue weighted by molar-refractivity contribution is 9.10. The second-order valence-electron chi connectivity index (χ2n) is 6.43. The fourth-order valence-corrected chi connectivity index (χ4v) is 3.34. The second kappa shape index (κ2) is 8.42. The fourth-order valence-electron chi connectivity index (χ4n) is 2.96. The third kappa shape index (κ3) is 4.21. The molecule has 0 saturated carbocycles. The molecule has 2 N–H and O–H groups in total. The second-order valence-corrected chi connectivity index (χ2v) is 7.34. The monoisotopic (exact) mass is 464 g/mol. The van der Waals surface area contributed by atoms with Crippen LogP contribution in [0.1, 0.15) is 5.56 Å². The number of carbonyl (C=O) groups excluding carboxylic acids is 1. The van der Waals surface area contributed by atoms with Crippen LogP contribution >= 0.6 is 15.9 Å². The van der Waals surface area contributed by atoms with Gasteiger partial charge in [-0.3, -0.25) is 4.79 Å². The summed E-state index contributed by atoms with van der Waals surface area (Å²) in [6.45, 7) is 0. The van der Waals surface area contributed by atoms with Crippen molar-refractivity contribution in [1.82, 2.24) is 4.98 Å². The van der Waals surface area contributed by atoms with Crippen LogP contribution in [-0.2, 0) is 4.79 Å². The smallest absolute Gasteiger partial charge is 0.248 e. The number of amides is 1. The van der Waals surface area contributed by atoms with E-state index < -0.39 is 0 Å². The molecule has 150 valence electrons. The van der Waals surface area contributed by atoms with Crippen LogP contribution in [0.5, 0.6) is 11.5 Å². The number of ether oxygens (including phenoxy) is 1. The van der Waals surface area contributed by atoms with E-state index in [1.165, 1.54) is 12.1 Å². The summed E-state index contributed by atoms with van der Waals surface area (Å²) in [6, 6.07) is 17.6. The summed E-state index contributed by atoms with van der Waals surface area (Å²) >= 11 is 3.41. The van der Waals surface area contributed by atoms with Crippen molar-refractivity contribution in [3.8, 4) is 23.0 Å². The highest BCUT2D eigenvalue weighted by Crippen LogP contribution is 2.33. The molecule has 1 heterocycles. The summed E-state index contributed by atoms with van der Waals surface area (Å²) in [5.41, 5.74) is 2.96. The van der Waals surface area contributed by atoms with Crippen LogP contribution in [0.15, 0.2) is 75.6 Å². The van der Waals surface area contributed by atoms with Crippen molar-refractivity contribution in [2.45, 2.75) is 0 Å². The van der Waals surface area contributed by atoms with Crippen LogP contribution in [0.3, 0.4) is 0 Å². The Morgan fingerprint density at radius 2 is 2.00 bits per heavy atom. The molecule has 0 fully saturated rings. The molecule has 0 spiro atoms. The van der Waals surface area contributed by atoms with Crippen molar-refractivity contribution in [3.63, 3.8) is 0 Å². The van der Waals surface area contributed by atoms with E-state index in [0.717, 1.165) is 10.0 Å². The Kier molecular flexibility index (Phi) is 5.54. The maximum atomic E-state index is 12.4. The zero-order chi connectivity index (χ0) is 21.1. The molecule has 0 aliphatic rings. The summed E-state index contributed by atoms with van der Waals surface area (Å²) in [5, 5.41) is 13.0. The molecule has 4 rings (SSSR count). The molecule has 0 saturated heterocycles. The lowest BCUT2D eigenvalue weighted by atomic mass is 10.1. The molecule has 6 nitrogen and oxygen atoms in total. The number of aromatic nitrogens is 1. The van der Waals surface area contributed by atoms with Gasteiger partial charge in [0.1, 0.15) is 17.0 Å². The van der Waals surface area contributed by atoms with Gasteiger partial charge >= 0.3 is 0 Å². The molecular weight excluding hydrogens is 448 g/mol. The quantitative estimate of drug-likeness (QED) is 0.295. The van der Waals surface area contributed by atoms with E-state index >= 15 is 0 Å². The largest absolute Gasteiger partial charge is 0.507 e. The molecule has 1 aromatic heterocycles. The predicted octanol–water partition coefficient (Wildman–Crippen LogP) is 5.62. The lowest BCUT2D eigenvalue weighted by molar-refractivity contribution is -0.111. The van der Waals surface area contributed by atoms with Crippen molar-refractivity contribution < 1.29 is 19.1 Å². The molecule has 4 aromatic rings. The Labute approximate surface area is 180 Å². The number of carbonyl (C=O) groups is 1. The van der Waals surface area contributed by atoms with Crippen molar-refractivity contribution in [1.29, 1.82) is 0 Å². The van der Waals surface area contributed by atoms with Crippen LogP contribution in [0.25, 0.3) is 28.6 Å². The SMILES string of the molecule is COc1ccc(Br)cc1/C=C/C(=O)Nc1ccc(O)c(-c2nc3ccccc3o2)c1. The van der Waals surface area contributed by atoms with Gasteiger partial charge in [0, 0.05) is 21.8 Å². The molecule has 1 amide bonds. The Hall–Kier alpha value is -3.58. The van der Waals surface area contributed by atoms with Crippen molar-refractivity contribution in [3.05, 3.63) is 76.8 Å². The number of halogens is 1. The minimum absolute atomic E-state index is 0.00830. The van der Waals surface area contributed by atoms with Gasteiger partial charge in [-0.2, -0.15) is 0 Å². The number of para-hydroxylation sites is 2. The fraction of sp³-hybridized carbons (Fsp3) is 0.0435. The molecule has 0 unspecified atom stereocenters. The van der Waals surface area contributed by atoms with E-state index in [9.17, 15) is 9.90 Å². The number of nitrogens with one attached hydrogen (secondary N) is 1. The number of aromatic hydroxyl groups is 1. The summed E-state index contributed by atoms with van der Waals surface area (Å²) in [4.78, 5) is 16.8. The van der Waals surface area contributed by atoms with Gasteiger partial charge in [0.15, 0.2) is 5.58 Å². The first kappa shape index (κ1) is 19.7. The Morgan fingerprint density at radius 1 is 1.17 bits per heavy atom. The topological polar surface area (TPSA) is 84.6 Å². The lowest BCUT2D eigenvalue weighted by Crippen LogP contribution is -2.07. The molecule has 0 aliphatic heterocycles. The van der Waals surface area contributed by atoms with Crippen LogP contribution < -0.4 is 10.1 Å². The summed E-state index contributed by atoms with van der Waals surface area (Å²) in [7, 11) is 1.57. The highest BCUT2D eigenvalue weighted by Gasteiger charge is 2.13. The molecule has 3 aromatic carbocycles. The Morgan fingerprint density at radius 3 is 2.80 bits per heavy atom. The number of rotatable bonds is 5. The van der Waals surface area contributed by atoms with Crippen molar-refractivity contribution in [2.24, 2.45) is 0 Å². The number of hydrogen-bond acceptors (Lipinski definition) is 5. The van der Waals surface area contributed by atoms with E-state index in [2.05, 4.69) is 26.2 Å². The van der Waals surface area contributed by atoms with Crippen LogP contribution in [0.4, 0.5) is 5.69 Å². The van der Waals surface area contributed by atoms with E-state index in [4.69, 9.17) is 9.15 Å². The molecule has 30 heavy (non-hydrogen) atoms. The maximum absolute atomic E-state index is 12.4. The van der Waals surface area contributed by atoms with E-state index in [0.29, 0.717) is 28.1 Å². The van der Waals surface area contributed by atoms with E-state index in [1.807, 2.05) is 36.4 Å². The average molecular weight is 465 g/mol. The van der Waals surface area contributed by atoms with Crippen molar-refractivity contribution >= 4 is 44.7 Å². The van der Waals surface area contributed by atoms with E-state index in [1.54, 1.807) is 31.4 Å². The number of phenolic OH excluding ortho intramolecular Hbond substituents is 1. The van der Waals surface area contributed by atoms with Gasteiger partial charge < -0.3 is 19.6 Å². The molecule has 0 bridgehead atoms. The third-order valence-electron chi connectivity index (χ3n) is 4.39. The highest BCUT2D eigenvalue weighted by atomic mass is 79.9. The number of fused-ring (bicyclic) bond motifs is 1. The maximum Gasteiger partial charge on any atom is 0.248 e. The van der Waals surface area contributed by atoms with Gasteiger partial charge in [-0.25, -0.2) is 4.98 Å². The van der Waals surface area contributed by atoms with Crippen LogP contribution in [0, 0.1) is 0 Å². The minimum atomic E-state index is -0.328. The number of oxazole rings is 1. The lowest BCUT2D eigenvalue weighted by Gasteiger charge is -2.07. The summed E-state index contributed by atoms with van der Waals surface area (Å²) < 4.78 is 11.9. The number of methoxy groups -OCH3 is 1. The number of nitrogens with zero attached hydrogens (tertiary/aromatic N) is 1. The first-order valence-electron chi connectivity index (χ1n) is 9.05. The van der Waals surface area contributed by atoms with Gasteiger partial charge in [0.25, 0.3) is 0 Å². The van der Waals surface area contributed by atoms with Gasteiger partial charge in [-0.15, -0.1) is 0 Å². The molecule has 0 radical (unpaired) electrons. The number of benzene rings is 3. The van der Waals surface area contributed by atoms with Crippen LogP contribution in [0.2, 0.25) is 0 Å². The standard InChI is InChI=1S/C23H17BrN2O4/c1-29-20-10-7-15(24)12-14(20)6-11-22(28)25-16-8-9-19(27)17(13-16)23-26-18-4-2-3-5-21(18)30-23/h2-13,27H,1H3,(H,25,28)/b11-6+. The molecule has 7 heteroatoms.